The lowest BCUT2D eigenvalue weighted by molar-refractivity contribution is 0.392. The van der Waals surface area contributed by atoms with E-state index in [1.165, 1.54) is 43.3 Å². The first-order chi connectivity index (χ1) is 6.27. The molecule has 13 heavy (non-hydrogen) atoms. The van der Waals surface area contributed by atoms with E-state index < -0.39 is 0 Å². The zero-order valence-electron chi connectivity index (χ0n) is 7.80. The van der Waals surface area contributed by atoms with Crippen molar-refractivity contribution in [1.82, 2.24) is 4.90 Å². The largest absolute Gasteiger partial charge is 0.374 e. The normalized spacial score (nSPS) is 30.0. The minimum absolute atomic E-state index is 0.570. The highest BCUT2D eigenvalue weighted by molar-refractivity contribution is 9.11. The summed E-state index contributed by atoms with van der Waals surface area (Å²) in [7, 11) is 0. The molecular formula is C10H16BrNS. The highest BCUT2D eigenvalue weighted by atomic mass is 79.9. The van der Waals surface area contributed by atoms with Crippen molar-refractivity contribution in [2.24, 2.45) is 0 Å². The van der Waals surface area contributed by atoms with Gasteiger partial charge < -0.3 is 4.90 Å². The van der Waals surface area contributed by atoms with Crippen LogP contribution in [0.2, 0.25) is 0 Å². The van der Waals surface area contributed by atoms with E-state index >= 15 is 0 Å². The monoisotopic (exact) mass is 261 g/mol. The summed E-state index contributed by atoms with van der Waals surface area (Å²) in [6, 6.07) is 0. The van der Waals surface area contributed by atoms with Gasteiger partial charge in [0.25, 0.3) is 0 Å². The first kappa shape index (κ1) is 9.91. The summed E-state index contributed by atoms with van der Waals surface area (Å²) in [6.07, 6.45) is 6.32. The predicted molar refractivity (Wildman–Crippen MR) is 63.4 cm³/mol. The molecule has 0 aromatic rings. The quantitative estimate of drug-likeness (QED) is 0.710. The molecule has 1 heterocycles. The maximum atomic E-state index is 4.52. The van der Waals surface area contributed by atoms with Crippen molar-refractivity contribution >= 4 is 28.6 Å². The van der Waals surface area contributed by atoms with Gasteiger partial charge in [0, 0.05) is 28.5 Å². The van der Waals surface area contributed by atoms with Crippen molar-refractivity contribution in [3.05, 3.63) is 10.2 Å². The van der Waals surface area contributed by atoms with Crippen LogP contribution >= 0.6 is 28.6 Å². The lowest BCUT2D eigenvalue weighted by atomic mass is 10.0. The van der Waals surface area contributed by atoms with Gasteiger partial charge in [0.05, 0.1) is 0 Å². The maximum Gasteiger partial charge on any atom is 0.0236 e. The molecule has 0 N–H and O–H groups in total. The second-order valence-corrected chi connectivity index (χ2v) is 5.63. The van der Waals surface area contributed by atoms with E-state index in [0.29, 0.717) is 5.25 Å². The summed E-state index contributed by atoms with van der Waals surface area (Å²) >= 11 is 8.22. The summed E-state index contributed by atoms with van der Waals surface area (Å²) < 4.78 is 1.40. The van der Waals surface area contributed by atoms with Gasteiger partial charge in [0.2, 0.25) is 0 Å². The number of likely N-dealkylation sites (tertiary alicyclic amines) is 1. The predicted octanol–water partition coefficient (Wildman–Crippen LogP) is 3.17. The van der Waals surface area contributed by atoms with E-state index in [9.17, 15) is 0 Å². The van der Waals surface area contributed by atoms with Crippen molar-refractivity contribution < 1.29 is 0 Å². The van der Waals surface area contributed by atoms with Gasteiger partial charge in [0.1, 0.15) is 0 Å². The van der Waals surface area contributed by atoms with E-state index in [0.717, 1.165) is 6.42 Å². The smallest absolute Gasteiger partial charge is 0.0236 e. The number of thiol groups is 1. The topological polar surface area (TPSA) is 3.24 Å². The average molecular weight is 262 g/mol. The third kappa shape index (κ3) is 2.24. The van der Waals surface area contributed by atoms with Gasteiger partial charge in [-0.25, -0.2) is 0 Å². The summed E-state index contributed by atoms with van der Waals surface area (Å²) in [5, 5.41) is 0.570. The summed E-state index contributed by atoms with van der Waals surface area (Å²) in [5.41, 5.74) is 1.56. The average Bonchev–Trinajstić information content (AvgIpc) is 2.56. The number of hydrogen-bond donors (Lipinski definition) is 1. The minimum atomic E-state index is 0.570. The van der Waals surface area contributed by atoms with Crippen LogP contribution in [0.15, 0.2) is 10.2 Å². The number of halogens is 1. The van der Waals surface area contributed by atoms with Crippen LogP contribution in [0.5, 0.6) is 0 Å². The van der Waals surface area contributed by atoms with Crippen molar-refractivity contribution in [1.29, 1.82) is 0 Å². The third-order valence-corrected chi connectivity index (χ3v) is 4.15. The fraction of sp³-hybridized carbons (Fsp3) is 0.800. The van der Waals surface area contributed by atoms with Gasteiger partial charge >= 0.3 is 0 Å². The molecular weight excluding hydrogens is 246 g/mol. The molecule has 0 bridgehead atoms. The van der Waals surface area contributed by atoms with Gasteiger partial charge in [-0.1, -0.05) is 15.9 Å². The van der Waals surface area contributed by atoms with Crippen molar-refractivity contribution in [2.45, 2.75) is 37.4 Å². The van der Waals surface area contributed by atoms with Crippen molar-refractivity contribution in [3.8, 4) is 0 Å². The van der Waals surface area contributed by atoms with Crippen LogP contribution in [-0.2, 0) is 0 Å². The molecule has 1 fully saturated rings. The Bertz CT molecular complexity index is 221. The van der Waals surface area contributed by atoms with Gasteiger partial charge in [0.15, 0.2) is 0 Å². The Morgan fingerprint density at radius 2 is 2.00 bits per heavy atom. The lowest BCUT2D eigenvalue weighted by Gasteiger charge is -2.28. The molecule has 1 aliphatic heterocycles. The van der Waals surface area contributed by atoms with Gasteiger partial charge in [-0.05, 0) is 32.1 Å². The van der Waals surface area contributed by atoms with Crippen LogP contribution in [0.25, 0.3) is 0 Å². The second kappa shape index (κ2) is 4.26. The molecule has 0 amide bonds. The molecule has 0 spiro atoms. The summed E-state index contributed by atoms with van der Waals surface area (Å²) in [5.74, 6) is 0. The summed E-state index contributed by atoms with van der Waals surface area (Å²) in [4.78, 5) is 2.55. The fourth-order valence-corrected chi connectivity index (χ4v) is 3.58. The Balaban J connectivity index is 2.07. The first-order valence-corrected chi connectivity index (χ1v) is 6.39. The highest BCUT2D eigenvalue weighted by Crippen LogP contribution is 2.34. The zero-order chi connectivity index (χ0) is 9.26. The molecule has 0 aromatic carbocycles. The molecule has 3 heteroatoms. The van der Waals surface area contributed by atoms with Crippen molar-refractivity contribution in [2.75, 3.05) is 13.1 Å². The van der Waals surface area contributed by atoms with E-state index in [1.807, 2.05) is 0 Å². The first-order valence-electron chi connectivity index (χ1n) is 5.08. The SMILES string of the molecule is SC1CCC(N2CCCC2)=C(Br)C1. The van der Waals surface area contributed by atoms with Crippen molar-refractivity contribution in [3.63, 3.8) is 0 Å². The number of allylic oxidation sites excluding steroid dienone is 2. The zero-order valence-corrected chi connectivity index (χ0v) is 10.3. The second-order valence-electron chi connectivity index (χ2n) is 3.94. The number of rotatable bonds is 1. The van der Waals surface area contributed by atoms with Crippen LogP contribution in [0.4, 0.5) is 0 Å². The molecule has 1 aliphatic carbocycles. The Kier molecular flexibility index (Phi) is 3.25. The van der Waals surface area contributed by atoms with Gasteiger partial charge in [-0.3, -0.25) is 0 Å². The molecule has 0 aromatic heterocycles. The third-order valence-electron chi connectivity index (χ3n) is 2.93. The van der Waals surface area contributed by atoms with E-state index in [4.69, 9.17) is 0 Å². The molecule has 1 saturated heterocycles. The van der Waals surface area contributed by atoms with Gasteiger partial charge in [-0.2, -0.15) is 12.6 Å². The van der Waals surface area contributed by atoms with Crippen LogP contribution in [0, 0.1) is 0 Å². The molecule has 1 atom stereocenters. The Hall–Kier alpha value is 0.370. The van der Waals surface area contributed by atoms with Crippen LogP contribution < -0.4 is 0 Å². The van der Waals surface area contributed by atoms with E-state index in [2.05, 4.69) is 33.5 Å². The van der Waals surface area contributed by atoms with E-state index in [1.54, 1.807) is 5.70 Å². The Labute approximate surface area is 94.1 Å². The molecule has 0 radical (unpaired) electrons. The number of hydrogen-bond acceptors (Lipinski definition) is 2. The fourth-order valence-electron chi connectivity index (χ4n) is 2.18. The van der Waals surface area contributed by atoms with Crippen LogP contribution in [0.3, 0.4) is 0 Å². The standard InChI is InChI=1S/C10H16BrNS/c11-9-7-8(13)3-4-10(9)12-5-1-2-6-12/h8,13H,1-7H2. The molecule has 1 unspecified atom stereocenters. The minimum Gasteiger partial charge on any atom is -0.374 e. The summed E-state index contributed by atoms with van der Waals surface area (Å²) in [6.45, 7) is 2.53. The van der Waals surface area contributed by atoms with Crippen LogP contribution in [-0.4, -0.2) is 23.2 Å². The molecule has 1 nitrogen and oxygen atoms in total. The number of nitrogens with zero attached hydrogens (tertiary/aromatic N) is 1. The van der Waals surface area contributed by atoms with Gasteiger partial charge in [-0.15, -0.1) is 0 Å². The molecule has 2 aliphatic rings. The maximum absolute atomic E-state index is 4.52. The Morgan fingerprint density at radius 1 is 1.31 bits per heavy atom. The van der Waals surface area contributed by atoms with Crippen LogP contribution in [0.1, 0.15) is 32.1 Å². The molecule has 2 rings (SSSR count). The molecule has 0 saturated carbocycles. The lowest BCUT2D eigenvalue weighted by Crippen LogP contribution is -2.23. The van der Waals surface area contributed by atoms with E-state index in [-0.39, 0.29) is 0 Å². The Morgan fingerprint density at radius 3 is 2.62 bits per heavy atom. The molecule has 74 valence electrons. The highest BCUT2D eigenvalue weighted by Gasteiger charge is 2.22.